The first-order valence-corrected chi connectivity index (χ1v) is 13.7. The largest absolute Gasteiger partial charge is 0.493 e. The molecule has 3 rings (SSSR count). The van der Waals surface area contributed by atoms with E-state index in [1.807, 2.05) is 25.1 Å². The van der Waals surface area contributed by atoms with Crippen LogP contribution >= 0.6 is 0 Å². The van der Waals surface area contributed by atoms with E-state index < -0.39 is 27.3 Å². The van der Waals surface area contributed by atoms with Crippen LogP contribution in [0.3, 0.4) is 0 Å². The third-order valence-electron chi connectivity index (χ3n) is 6.27. The number of sulfone groups is 1. The van der Waals surface area contributed by atoms with Crippen molar-refractivity contribution >= 4 is 21.7 Å². The molecule has 7 nitrogen and oxygen atoms in total. The molecule has 0 heterocycles. The summed E-state index contributed by atoms with van der Waals surface area (Å²) in [6.45, 7) is 2.38. The number of hydrogen-bond acceptors (Lipinski definition) is 5. The predicted octanol–water partition coefficient (Wildman–Crippen LogP) is 3.72. The number of carboxylic acid groups (broad SMARTS) is 1. The van der Waals surface area contributed by atoms with Gasteiger partial charge >= 0.3 is 5.97 Å². The number of nitrogens with one attached hydrogen (secondary N) is 1. The first-order valence-electron chi connectivity index (χ1n) is 11.6. The zero-order valence-corrected chi connectivity index (χ0v) is 20.6. The summed E-state index contributed by atoms with van der Waals surface area (Å²) >= 11 is 0. The third kappa shape index (κ3) is 7.06. The lowest BCUT2D eigenvalue weighted by molar-refractivity contribution is -0.145. The molecule has 8 heteroatoms. The van der Waals surface area contributed by atoms with Crippen molar-refractivity contribution in [3.05, 3.63) is 64.7 Å². The van der Waals surface area contributed by atoms with Crippen LogP contribution in [-0.2, 0) is 27.5 Å². The average Bonchev–Trinajstić information content (AvgIpc) is 2.78. The predicted molar refractivity (Wildman–Crippen MR) is 131 cm³/mol. The van der Waals surface area contributed by atoms with Crippen molar-refractivity contribution in [3.63, 3.8) is 0 Å². The van der Waals surface area contributed by atoms with Gasteiger partial charge in [-0.1, -0.05) is 55.2 Å². The number of aryl methyl sites for hydroxylation is 2. The van der Waals surface area contributed by atoms with Crippen molar-refractivity contribution in [2.24, 2.45) is 0 Å². The highest BCUT2D eigenvalue weighted by Crippen LogP contribution is 2.29. The first-order chi connectivity index (χ1) is 16.1. The van der Waals surface area contributed by atoms with Gasteiger partial charge < -0.3 is 15.2 Å². The fourth-order valence-corrected chi connectivity index (χ4v) is 4.91. The van der Waals surface area contributed by atoms with E-state index in [9.17, 15) is 23.1 Å². The van der Waals surface area contributed by atoms with E-state index >= 15 is 0 Å². The van der Waals surface area contributed by atoms with Crippen LogP contribution < -0.4 is 10.1 Å². The molecular weight excluding hydrogens is 454 g/mol. The number of carbonyl (C=O) groups is 2. The van der Waals surface area contributed by atoms with Crippen LogP contribution in [0.5, 0.6) is 5.75 Å². The summed E-state index contributed by atoms with van der Waals surface area (Å²) in [5.74, 6) is -1.08. The van der Waals surface area contributed by atoms with E-state index in [-0.39, 0.29) is 12.2 Å². The minimum Gasteiger partial charge on any atom is -0.493 e. The van der Waals surface area contributed by atoms with Crippen molar-refractivity contribution < 1.29 is 27.9 Å². The Bertz CT molecular complexity index is 1140. The topological polar surface area (TPSA) is 110 Å². The summed E-state index contributed by atoms with van der Waals surface area (Å²) in [6.07, 6.45) is 5.38. The van der Waals surface area contributed by atoms with E-state index in [2.05, 4.69) is 11.4 Å². The Labute approximate surface area is 201 Å². The number of benzene rings is 2. The van der Waals surface area contributed by atoms with Gasteiger partial charge in [0.1, 0.15) is 21.1 Å². The molecule has 0 radical (unpaired) electrons. The lowest BCUT2D eigenvalue weighted by Gasteiger charge is -2.34. The summed E-state index contributed by atoms with van der Waals surface area (Å²) < 4.78 is 29.4. The van der Waals surface area contributed by atoms with Crippen molar-refractivity contribution in [2.75, 3.05) is 18.6 Å². The highest BCUT2D eigenvalue weighted by Gasteiger charge is 2.41. The second-order valence-electron chi connectivity index (χ2n) is 9.19. The van der Waals surface area contributed by atoms with Gasteiger partial charge in [0, 0.05) is 18.2 Å². The molecular formula is C26H33NO6S. The molecule has 0 atom stereocenters. The molecule has 0 spiro atoms. The average molecular weight is 488 g/mol. The fraction of sp³-hybridized carbons (Fsp3) is 0.462. The highest BCUT2D eigenvalue weighted by molar-refractivity contribution is 7.90. The van der Waals surface area contributed by atoms with Gasteiger partial charge in [-0.05, 0) is 49.4 Å². The SMILES string of the molecule is Cc1cccc(CCOc2cc(C(=O)NC3(C(=O)O)CCCCC3)ccc2CCS(C)(=O)=O)c1. The monoisotopic (exact) mass is 487 g/mol. The van der Waals surface area contributed by atoms with Crippen LogP contribution in [-0.4, -0.2) is 49.6 Å². The molecule has 2 N–H and O–H groups in total. The van der Waals surface area contributed by atoms with Gasteiger partial charge in [0.05, 0.1) is 12.4 Å². The molecule has 34 heavy (non-hydrogen) atoms. The summed E-state index contributed by atoms with van der Waals surface area (Å²) in [6, 6.07) is 13.0. The van der Waals surface area contributed by atoms with Crippen molar-refractivity contribution in [1.82, 2.24) is 5.32 Å². The number of amides is 1. The molecule has 1 amide bonds. The molecule has 0 unspecified atom stereocenters. The number of carboxylic acids is 1. The Balaban J connectivity index is 1.79. The smallest absolute Gasteiger partial charge is 0.329 e. The fourth-order valence-electron chi connectivity index (χ4n) is 4.32. The van der Waals surface area contributed by atoms with Crippen molar-refractivity contribution in [1.29, 1.82) is 0 Å². The molecule has 0 saturated heterocycles. The van der Waals surface area contributed by atoms with Crippen LogP contribution in [0.4, 0.5) is 0 Å². The van der Waals surface area contributed by atoms with E-state index in [0.29, 0.717) is 42.7 Å². The molecule has 2 aromatic rings. The Morgan fingerprint density at radius 1 is 1.06 bits per heavy atom. The van der Waals surface area contributed by atoms with E-state index in [1.165, 1.54) is 6.26 Å². The van der Waals surface area contributed by atoms with Gasteiger partial charge in [0.15, 0.2) is 0 Å². The Hall–Kier alpha value is -2.87. The normalized spacial score (nSPS) is 15.5. The third-order valence-corrected chi connectivity index (χ3v) is 7.22. The maximum atomic E-state index is 13.0. The zero-order valence-electron chi connectivity index (χ0n) is 19.8. The Morgan fingerprint density at radius 2 is 1.79 bits per heavy atom. The second-order valence-corrected chi connectivity index (χ2v) is 11.5. The molecule has 0 aromatic heterocycles. The van der Waals surface area contributed by atoms with Crippen LogP contribution in [0, 0.1) is 6.92 Å². The number of rotatable bonds is 10. The summed E-state index contributed by atoms with van der Waals surface area (Å²) in [7, 11) is -3.17. The van der Waals surface area contributed by atoms with Crippen molar-refractivity contribution in [2.45, 2.75) is 57.4 Å². The Kier molecular flexibility index (Phi) is 8.36. The van der Waals surface area contributed by atoms with Gasteiger partial charge in [0.25, 0.3) is 5.91 Å². The summed E-state index contributed by atoms with van der Waals surface area (Å²) in [5.41, 5.74) is 2.00. The molecule has 184 valence electrons. The van der Waals surface area contributed by atoms with Gasteiger partial charge in [-0.25, -0.2) is 13.2 Å². The van der Waals surface area contributed by atoms with Gasteiger partial charge in [0.2, 0.25) is 0 Å². The summed E-state index contributed by atoms with van der Waals surface area (Å²) in [5, 5.41) is 12.5. The van der Waals surface area contributed by atoms with Crippen LogP contribution in [0.1, 0.15) is 59.2 Å². The molecule has 0 aliphatic heterocycles. The summed E-state index contributed by atoms with van der Waals surface area (Å²) in [4.78, 5) is 25.0. The van der Waals surface area contributed by atoms with Gasteiger partial charge in [-0.3, -0.25) is 4.79 Å². The molecule has 1 fully saturated rings. The minimum absolute atomic E-state index is 0.0328. The number of hydrogen-bond donors (Lipinski definition) is 2. The van der Waals surface area contributed by atoms with Crippen molar-refractivity contribution in [3.8, 4) is 5.75 Å². The minimum atomic E-state index is -3.17. The number of aliphatic carboxylic acids is 1. The highest BCUT2D eigenvalue weighted by atomic mass is 32.2. The van der Waals surface area contributed by atoms with Gasteiger partial charge in [-0.2, -0.15) is 0 Å². The van der Waals surface area contributed by atoms with E-state index in [0.717, 1.165) is 30.4 Å². The lowest BCUT2D eigenvalue weighted by atomic mass is 9.81. The standard InChI is InChI=1S/C26H33NO6S/c1-19-7-6-8-20(17-19)11-15-33-23-18-22(10-9-21(23)12-16-34(2,31)32)24(28)27-26(25(29)30)13-4-3-5-14-26/h6-10,17-18H,3-5,11-16H2,1-2H3,(H,27,28)(H,29,30). The van der Waals surface area contributed by atoms with Crippen LogP contribution in [0.25, 0.3) is 0 Å². The van der Waals surface area contributed by atoms with E-state index in [4.69, 9.17) is 4.74 Å². The lowest BCUT2D eigenvalue weighted by Crippen LogP contribution is -2.55. The second kappa shape index (κ2) is 11.0. The molecule has 0 bridgehead atoms. The molecule has 2 aromatic carbocycles. The van der Waals surface area contributed by atoms with Gasteiger partial charge in [-0.15, -0.1) is 0 Å². The molecule has 1 saturated carbocycles. The van der Waals surface area contributed by atoms with Crippen LogP contribution in [0.15, 0.2) is 42.5 Å². The van der Waals surface area contributed by atoms with Crippen LogP contribution in [0.2, 0.25) is 0 Å². The quantitative estimate of drug-likeness (QED) is 0.529. The zero-order chi connectivity index (χ0) is 24.8. The molecule has 1 aliphatic carbocycles. The Morgan fingerprint density at radius 3 is 2.44 bits per heavy atom. The molecule has 1 aliphatic rings. The van der Waals surface area contributed by atoms with E-state index in [1.54, 1.807) is 18.2 Å². The maximum absolute atomic E-state index is 13.0. The number of carbonyl (C=O) groups excluding carboxylic acids is 1. The first kappa shape index (κ1) is 25.7. The maximum Gasteiger partial charge on any atom is 0.329 e. The number of ether oxygens (including phenoxy) is 1.